The fourth-order valence-electron chi connectivity index (χ4n) is 3.23. The molecule has 0 aliphatic carbocycles. The Morgan fingerprint density at radius 3 is 2.76 bits per heavy atom. The minimum absolute atomic E-state index is 0.00110. The number of hydrogen-bond acceptors (Lipinski definition) is 7. The van der Waals surface area contributed by atoms with E-state index in [1.807, 2.05) is 0 Å². The van der Waals surface area contributed by atoms with Crippen molar-refractivity contribution in [3.05, 3.63) is 29.8 Å². The molecule has 1 aliphatic rings. The predicted molar refractivity (Wildman–Crippen MR) is 119 cm³/mol. The molecule has 0 radical (unpaired) electrons. The van der Waals surface area contributed by atoms with Crippen molar-refractivity contribution in [2.45, 2.75) is 31.3 Å². The Morgan fingerprint density at radius 1 is 1.27 bits per heavy atom. The Morgan fingerprint density at radius 2 is 2.03 bits per heavy atom. The smallest absolute Gasteiger partial charge is 0.255 e. The zero-order valence-electron chi connectivity index (χ0n) is 19.0. The molecule has 11 nitrogen and oxygen atoms in total. The number of nitrogens with one attached hydrogen (secondary N) is 3. The van der Waals surface area contributed by atoms with Crippen molar-refractivity contribution in [2.24, 2.45) is 0 Å². The monoisotopic (exact) mass is 464 g/mol. The molecular weight excluding hydrogens is 432 g/mol. The van der Waals surface area contributed by atoms with Crippen molar-refractivity contribution in [3.63, 3.8) is 0 Å². The van der Waals surface area contributed by atoms with Crippen LogP contribution in [-0.4, -0.2) is 92.8 Å². The number of likely N-dealkylation sites (N-methyl/N-ethyl adjacent to an activating group) is 1. The van der Waals surface area contributed by atoms with E-state index in [-0.39, 0.29) is 31.6 Å². The Labute approximate surface area is 192 Å². The van der Waals surface area contributed by atoms with E-state index in [2.05, 4.69) is 16.0 Å². The van der Waals surface area contributed by atoms with Gasteiger partial charge in [0, 0.05) is 33.7 Å². The molecule has 4 N–H and O–H groups in total. The Bertz CT molecular complexity index is 833. The fourth-order valence-corrected chi connectivity index (χ4v) is 3.23. The third-order valence-electron chi connectivity index (χ3n) is 5.11. The highest BCUT2D eigenvalue weighted by Gasteiger charge is 2.27. The van der Waals surface area contributed by atoms with E-state index in [0.29, 0.717) is 25.3 Å². The number of fused-ring (bicyclic) bond motifs is 1. The first-order valence-electron chi connectivity index (χ1n) is 10.8. The first-order chi connectivity index (χ1) is 15.9. The molecule has 4 amide bonds. The van der Waals surface area contributed by atoms with Crippen molar-refractivity contribution in [1.29, 1.82) is 0 Å². The second kappa shape index (κ2) is 13.4. The van der Waals surface area contributed by atoms with E-state index in [0.717, 1.165) is 0 Å². The number of rotatable bonds is 6. The number of aliphatic hydroxyl groups excluding tert-OH is 1. The highest BCUT2D eigenvalue weighted by atomic mass is 16.5. The lowest BCUT2D eigenvalue weighted by atomic mass is 10.1. The van der Waals surface area contributed by atoms with Crippen LogP contribution in [0.4, 0.5) is 0 Å². The molecule has 0 fully saturated rings. The van der Waals surface area contributed by atoms with Gasteiger partial charge >= 0.3 is 0 Å². The quantitative estimate of drug-likeness (QED) is 0.397. The average molecular weight is 465 g/mol. The molecule has 0 saturated carbocycles. The molecular formula is C22H32N4O7. The van der Waals surface area contributed by atoms with Gasteiger partial charge in [-0.2, -0.15) is 0 Å². The van der Waals surface area contributed by atoms with Gasteiger partial charge in [0.25, 0.3) is 5.91 Å². The van der Waals surface area contributed by atoms with Crippen molar-refractivity contribution in [1.82, 2.24) is 20.9 Å². The Hall–Kier alpha value is -3.18. The van der Waals surface area contributed by atoms with Crippen LogP contribution in [0.25, 0.3) is 0 Å². The predicted octanol–water partition coefficient (Wildman–Crippen LogP) is -0.954. The third kappa shape index (κ3) is 8.03. The van der Waals surface area contributed by atoms with Gasteiger partial charge in [-0.3, -0.25) is 19.2 Å². The van der Waals surface area contributed by atoms with Gasteiger partial charge in [0.2, 0.25) is 17.7 Å². The molecule has 0 bridgehead atoms. The number of carbonyl (C=O) groups is 4. The number of nitrogens with zero attached hydrogens (tertiary/aromatic N) is 1. The summed E-state index contributed by atoms with van der Waals surface area (Å²) in [5, 5.41) is 17.5. The molecule has 0 aromatic heterocycles. The maximum atomic E-state index is 12.9. The number of methoxy groups -OCH3 is 1. The van der Waals surface area contributed by atoms with E-state index in [9.17, 15) is 24.3 Å². The molecule has 33 heavy (non-hydrogen) atoms. The van der Waals surface area contributed by atoms with Gasteiger partial charge in [0.1, 0.15) is 24.4 Å². The lowest BCUT2D eigenvalue weighted by Crippen LogP contribution is -2.51. The van der Waals surface area contributed by atoms with Gasteiger partial charge in [0.05, 0.1) is 18.7 Å². The number of carbonyl (C=O) groups excluding carboxylic acids is 4. The van der Waals surface area contributed by atoms with Gasteiger partial charge in [0.15, 0.2) is 0 Å². The van der Waals surface area contributed by atoms with Crippen LogP contribution in [0.15, 0.2) is 24.3 Å². The van der Waals surface area contributed by atoms with E-state index >= 15 is 0 Å². The summed E-state index contributed by atoms with van der Waals surface area (Å²) in [6, 6.07) is 4.46. The van der Waals surface area contributed by atoms with E-state index in [4.69, 9.17) is 9.47 Å². The van der Waals surface area contributed by atoms with Crippen molar-refractivity contribution < 1.29 is 33.8 Å². The normalized spacial score (nSPS) is 20.5. The number of amides is 4. The summed E-state index contributed by atoms with van der Waals surface area (Å²) in [5.74, 6) is -1.65. The van der Waals surface area contributed by atoms with Crippen LogP contribution in [0.2, 0.25) is 0 Å². The molecule has 1 aromatic rings. The fraction of sp³-hybridized carbons (Fsp3) is 0.545. The summed E-state index contributed by atoms with van der Waals surface area (Å²) in [7, 11) is 3.09. The van der Waals surface area contributed by atoms with Crippen molar-refractivity contribution >= 4 is 23.6 Å². The van der Waals surface area contributed by atoms with Crippen LogP contribution in [0.1, 0.15) is 29.6 Å². The lowest BCUT2D eigenvalue weighted by Gasteiger charge is -2.23. The molecule has 2 atom stereocenters. The molecule has 0 unspecified atom stereocenters. The van der Waals surface area contributed by atoms with Crippen LogP contribution in [-0.2, 0) is 19.1 Å². The van der Waals surface area contributed by atoms with Gasteiger partial charge in [-0.05, 0) is 25.0 Å². The maximum absolute atomic E-state index is 12.9. The average Bonchev–Trinajstić information content (AvgIpc) is 2.82. The second-order valence-corrected chi connectivity index (χ2v) is 7.61. The summed E-state index contributed by atoms with van der Waals surface area (Å²) < 4.78 is 10.7. The van der Waals surface area contributed by atoms with Crippen molar-refractivity contribution in [2.75, 3.05) is 47.1 Å². The summed E-state index contributed by atoms with van der Waals surface area (Å²) in [6.07, 6.45) is 0.453. The van der Waals surface area contributed by atoms with Gasteiger partial charge in [-0.1, -0.05) is 12.1 Å². The second-order valence-electron chi connectivity index (χ2n) is 7.61. The summed E-state index contributed by atoms with van der Waals surface area (Å²) in [6.45, 7) is 0.502. The SMILES string of the molecule is COCCCNC(=O)[C@@H]1CCC(=O)N[C@@H](CO)C(=O)N(C)CCOc2ccccc2C(=O)N1. The zero-order chi connectivity index (χ0) is 24.2. The first kappa shape index (κ1) is 26.1. The molecule has 182 valence electrons. The first-order valence-corrected chi connectivity index (χ1v) is 10.8. The van der Waals surface area contributed by atoms with E-state index in [1.54, 1.807) is 31.4 Å². The number of hydrogen-bond donors (Lipinski definition) is 4. The third-order valence-corrected chi connectivity index (χ3v) is 5.11. The van der Waals surface area contributed by atoms with Crippen LogP contribution in [0.3, 0.4) is 0 Å². The van der Waals surface area contributed by atoms with Crippen LogP contribution in [0.5, 0.6) is 5.75 Å². The van der Waals surface area contributed by atoms with Gasteiger partial charge < -0.3 is 35.4 Å². The topological polar surface area (TPSA) is 146 Å². The summed E-state index contributed by atoms with van der Waals surface area (Å²) >= 11 is 0. The molecule has 1 heterocycles. The Balaban J connectivity index is 2.25. The largest absolute Gasteiger partial charge is 0.491 e. The van der Waals surface area contributed by atoms with Gasteiger partial charge in [-0.15, -0.1) is 0 Å². The van der Waals surface area contributed by atoms with Gasteiger partial charge in [-0.25, -0.2) is 0 Å². The van der Waals surface area contributed by atoms with Crippen LogP contribution < -0.4 is 20.7 Å². The highest BCUT2D eigenvalue weighted by Crippen LogP contribution is 2.18. The summed E-state index contributed by atoms with van der Waals surface area (Å²) in [5.41, 5.74) is 0.233. The molecule has 1 aliphatic heterocycles. The van der Waals surface area contributed by atoms with E-state index < -0.39 is 42.3 Å². The molecule has 0 spiro atoms. The number of ether oxygens (including phenoxy) is 2. The van der Waals surface area contributed by atoms with E-state index in [1.165, 1.54) is 11.9 Å². The maximum Gasteiger partial charge on any atom is 0.255 e. The lowest BCUT2D eigenvalue weighted by molar-refractivity contribution is -0.137. The van der Waals surface area contributed by atoms with Crippen molar-refractivity contribution in [3.8, 4) is 5.75 Å². The summed E-state index contributed by atoms with van der Waals surface area (Å²) in [4.78, 5) is 51.9. The zero-order valence-corrected chi connectivity index (χ0v) is 19.0. The molecule has 11 heteroatoms. The van der Waals surface area contributed by atoms with Crippen LogP contribution >= 0.6 is 0 Å². The number of benzene rings is 1. The Kier molecular flexibility index (Phi) is 10.6. The number of aliphatic hydroxyl groups is 1. The van der Waals surface area contributed by atoms with Crippen LogP contribution in [0, 0.1) is 0 Å². The highest BCUT2D eigenvalue weighted by molar-refractivity contribution is 5.99. The standard InChI is InChI=1S/C22H32N4O7/c1-26-11-13-33-18-7-4-3-6-15(18)20(29)25-16(21(30)23-10-5-12-32-2)8-9-19(28)24-17(14-27)22(26)31/h3-4,6-7,16-17,27H,5,8-14H2,1-2H3,(H,23,30)(H,24,28)(H,25,29)/t16-,17-/m0/s1. The molecule has 2 rings (SSSR count). The molecule has 0 saturated heterocycles. The minimum atomic E-state index is -1.11. The molecule has 1 aromatic carbocycles. The number of para-hydroxylation sites is 1. The minimum Gasteiger partial charge on any atom is -0.491 e.